The maximum Gasteiger partial charge on any atom is 0.343 e. The first-order chi connectivity index (χ1) is 10.3. The Kier molecular flexibility index (Phi) is 5.20. The number of carbonyl (C=O) groups is 3. The number of hydrogen-bond donors (Lipinski definition) is 1. The first kappa shape index (κ1) is 18.7. The van der Waals surface area contributed by atoms with Crippen LogP contribution < -0.4 is 9.47 Å². The second-order valence-electron chi connectivity index (χ2n) is 7.21. The van der Waals surface area contributed by atoms with Crippen LogP contribution in [0.25, 0.3) is 0 Å². The van der Waals surface area contributed by atoms with Gasteiger partial charge in [0, 0.05) is 0 Å². The van der Waals surface area contributed by atoms with Crippen molar-refractivity contribution in [2.75, 3.05) is 0 Å². The second kappa shape index (κ2) is 6.40. The largest absolute Gasteiger partial charge is 0.477 e. The van der Waals surface area contributed by atoms with Crippen LogP contribution >= 0.6 is 0 Å². The van der Waals surface area contributed by atoms with Crippen LogP contribution in [-0.4, -0.2) is 23.0 Å². The van der Waals surface area contributed by atoms with Crippen molar-refractivity contribution in [2.45, 2.75) is 41.5 Å². The molecule has 0 bridgehead atoms. The summed E-state index contributed by atoms with van der Waals surface area (Å²) >= 11 is 0. The Morgan fingerprint density at radius 2 is 1.17 bits per heavy atom. The fraction of sp³-hybridized carbons (Fsp3) is 0.471. The maximum absolute atomic E-state index is 12.0. The van der Waals surface area contributed by atoms with Crippen LogP contribution in [0.4, 0.5) is 0 Å². The van der Waals surface area contributed by atoms with Gasteiger partial charge in [0.1, 0.15) is 17.1 Å². The number of hydrogen-bond acceptors (Lipinski definition) is 5. The predicted octanol–water partition coefficient (Wildman–Crippen LogP) is 3.29. The number of ether oxygens (including phenoxy) is 2. The number of esters is 2. The van der Waals surface area contributed by atoms with Crippen LogP contribution in [-0.2, 0) is 9.59 Å². The van der Waals surface area contributed by atoms with Crippen molar-refractivity contribution in [2.24, 2.45) is 10.8 Å². The zero-order chi connectivity index (χ0) is 18.0. The third-order valence-electron chi connectivity index (χ3n) is 2.83. The van der Waals surface area contributed by atoms with E-state index in [1.165, 1.54) is 18.2 Å². The van der Waals surface area contributed by atoms with Crippen molar-refractivity contribution in [1.29, 1.82) is 0 Å². The number of carboxylic acid groups (broad SMARTS) is 1. The van der Waals surface area contributed by atoms with E-state index in [0.717, 1.165) is 0 Å². The van der Waals surface area contributed by atoms with E-state index in [-0.39, 0.29) is 17.1 Å². The van der Waals surface area contributed by atoms with E-state index < -0.39 is 28.7 Å². The molecule has 0 saturated carbocycles. The zero-order valence-electron chi connectivity index (χ0n) is 14.2. The molecule has 0 spiro atoms. The van der Waals surface area contributed by atoms with Crippen LogP contribution in [0, 0.1) is 10.8 Å². The van der Waals surface area contributed by atoms with E-state index in [0.29, 0.717) is 0 Å². The summed E-state index contributed by atoms with van der Waals surface area (Å²) in [5.41, 5.74) is -1.95. The van der Waals surface area contributed by atoms with E-state index in [9.17, 15) is 19.5 Å². The SMILES string of the molecule is CC(C)(C)C(=O)Oc1cccc(OC(=O)C(C)(C)C)c1C(=O)O. The molecule has 0 radical (unpaired) electrons. The smallest absolute Gasteiger partial charge is 0.343 e. The molecule has 1 rings (SSSR count). The van der Waals surface area contributed by atoms with Gasteiger partial charge >= 0.3 is 17.9 Å². The molecule has 1 N–H and O–H groups in total. The number of carbonyl (C=O) groups excluding carboxylic acids is 2. The Labute approximate surface area is 135 Å². The highest BCUT2D eigenvalue weighted by molar-refractivity contribution is 5.96. The van der Waals surface area contributed by atoms with Crippen LogP contribution in [0.15, 0.2) is 18.2 Å². The van der Waals surface area contributed by atoms with Gasteiger partial charge in [-0.2, -0.15) is 0 Å². The summed E-state index contributed by atoms with van der Waals surface area (Å²) < 4.78 is 10.3. The lowest BCUT2D eigenvalue weighted by atomic mass is 9.97. The molecular formula is C17H22O6. The van der Waals surface area contributed by atoms with Gasteiger partial charge in [-0.25, -0.2) is 4.79 Å². The first-order valence-corrected chi connectivity index (χ1v) is 7.15. The Bertz CT molecular complexity index is 585. The minimum Gasteiger partial charge on any atom is -0.477 e. The van der Waals surface area contributed by atoms with Crippen molar-refractivity contribution in [3.05, 3.63) is 23.8 Å². The van der Waals surface area contributed by atoms with Crippen molar-refractivity contribution in [3.8, 4) is 11.5 Å². The highest BCUT2D eigenvalue weighted by Crippen LogP contribution is 2.31. The second-order valence-corrected chi connectivity index (χ2v) is 7.21. The zero-order valence-corrected chi connectivity index (χ0v) is 14.2. The van der Waals surface area contributed by atoms with Crippen molar-refractivity contribution in [1.82, 2.24) is 0 Å². The molecular weight excluding hydrogens is 300 g/mol. The lowest BCUT2D eigenvalue weighted by molar-refractivity contribution is -0.143. The summed E-state index contributed by atoms with van der Waals surface area (Å²) in [6, 6.07) is 4.16. The fourth-order valence-corrected chi connectivity index (χ4v) is 1.40. The molecule has 1 aromatic rings. The van der Waals surface area contributed by atoms with Gasteiger partial charge in [0.15, 0.2) is 0 Å². The molecule has 0 amide bonds. The van der Waals surface area contributed by atoms with Crippen LogP contribution in [0.2, 0.25) is 0 Å². The Balaban J connectivity index is 3.25. The van der Waals surface area contributed by atoms with Gasteiger partial charge in [0.25, 0.3) is 0 Å². The van der Waals surface area contributed by atoms with Gasteiger partial charge in [0.2, 0.25) is 0 Å². The topological polar surface area (TPSA) is 89.9 Å². The quantitative estimate of drug-likeness (QED) is 0.678. The van der Waals surface area contributed by atoms with Crippen molar-refractivity contribution < 1.29 is 29.0 Å². The maximum atomic E-state index is 12.0. The monoisotopic (exact) mass is 322 g/mol. The Hall–Kier alpha value is -2.37. The molecule has 0 aliphatic heterocycles. The summed E-state index contributed by atoms with van der Waals surface area (Å²) in [5, 5.41) is 9.40. The van der Waals surface area contributed by atoms with E-state index in [1.807, 2.05) is 0 Å². The third kappa shape index (κ3) is 4.81. The molecule has 0 aliphatic carbocycles. The van der Waals surface area contributed by atoms with Gasteiger partial charge in [0.05, 0.1) is 10.8 Å². The van der Waals surface area contributed by atoms with E-state index in [1.54, 1.807) is 41.5 Å². The minimum atomic E-state index is -1.35. The summed E-state index contributed by atoms with van der Waals surface area (Å²) in [6.07, 6.45) is 0. The van der Waals surface area contributed by atoms with Crippen LogP contribution in [0.1, 0.15) is 51.9 Å². The number of aromatic carboxylic acids is 1. The van der Waals surface area contributed by atoms with Crippen molar-refractivity contribution in [3.63, 3.8) is 0 Å². The lowest BCUT2D eigenvalue weighted by Gasteiger charge is -2.20. The Morgan fingerprint density at radius 1 is 0.826 bits per heavy atom. The number of carboxylic acids is 1. The molecule has 0 saturated heterocycles. The molecule has 0 fully saturated rings. The molecule has 0 atom stereocenters. The lowest BCUT2D eigenvalue weighted by Crippen LogP contribution is -2.28. The molecule has 0 aliphatic rings. The fourth-order valence-electron chi connectivity index (χ4n) is 1.40. The molecule has 1 aromatic carbocycles. The van der Waals surface area contributed by atoms with E-state index >= 15 is 0 Å². The molecule has 0 unspecified atom stereocenters. The highest BCUT2D eigenvalue weighted by Gasteiger charge is 2.29. The van der Waals surface area contributed by atoms with Crippen LogP contribution in [0.5, 0.6) is 11.5 Å². The van der Waals surface area contributed by atoms with Gasteiger partial charge in [-0.15, -0.1) is 0 Å². The van der Waals surface area contributed by atoms with Crippen LogP contribution in [0.3, 0.4) is 0 Å². The summed E-state index contributed by atoms with van der Waals surface area (Å²) in [6.45, 7) is 9.91. The van der Waals surface area contributed by atoms with E-state index in [2.05, 4.69) is 0 Å². The summed E-state index contributed by atoms with van der Waals surface area (Å²) in [5.74, 6) is -2.83. The normalized spacial score (nSPS) is 11.7. The third-order valence-corrected chi connectivity index (χ3v) is 2.83. The van der Waals surface area contributed by atoms with Gasteiger partial charge < -0.3 is 14.6 Å². The summed E-state index contributed by atoms with van der Waals surface area (Å²) in [4.78, 5) is 35.5. The van der Waals surface area contributed by atoms with Gasteiger partial charge in [-0.1, -0.05) is 6.07 Å². The van der Waals surface area contributed by atoms with Gasteiger partial charge in [-0.05, 0) is 53.7 Å². The van der Waals surface area contributed by atoms with Crippen molar-refractivity contribution >= 4 is 17.9 Å². The average molecular weight is 322 g/mol. The molecule has 6 nitrogen and oxygen atoms in total. The first-order valence-electron chi connectivity index (χ1n) is 7.15. The predicted molar refractivity (Wildman–Crippen MR) is 83.6 cm³/mol. The highest BCUT2D eigenvalue weighted by atomic mass is 16.6. The standard InChI is InChI=1S/C17H22O6/c1-16(2,3)14(20)22-10-8-7-9-11(12(10)13(18)19)23-15(21)17(4,5)6/h7-9H,1-6H3,(H,18,19). The number of benzene rings is 1. The molecule has 0 heterocycles. The van der Waals surface area contributed by atoms with E-state index in [4.69, 9.17) is 9.47 Å². The number of rotatable bonds is 3. The molecule has 6 heteroatoms. The summed E-state index contributed by atoms with van der Waals surface area (Å²) in [7, 11) is 0. The Morgan fingerprint density at radius 3 is 1.43 bits per heavy atom. The van der Waals surface area contributed by atoms with Gasteiger partial charge in [-0.3, -0.25) is 9.59 Å². The molecule has 0 aromatic heterocycles. The molecule has 23 heavy (non-hydrogen) atoms. The molecule has 126 valence electrons. The minimum absolute atomic E-state index is 0.156. The average Bonchev–Trinajstić information content (AvgIpc) is 2.36.